The second kappa shape index (κ2) is 18.5. The van der Waals surface area contributed by atoms with Gasteiger partial charge in [0.15, 0.2) is 5.82 Å². The van der Waals surface area contributed by atoms with E-state index >= 15 is 4.39 Å². The number of hydrogen-bond acceptors (Lipinski definition) is 1. The molecule has 0 aliphatic rings. The number of benzene rings is 10. The Kier molecular flexibility index (Phi) is 11.8. The van der Waals surface area contributed by atoms with Gasteiger partial charge >= 0.3 is 0 Å². The number of fused-ring (bicyclic) bond motifs is 6. The van der Waals surface area contributed by atoms with Crippen molar-refractivity contribution in [3.8, 4) is 73.1 Å². The molecule has 0 saturated heterocycles. The van der Waals surface area contributed by atoms with Gasteiger partial charge < -0.3 is 9.13 Å². The summed E-state index contributed by atoms with van der Waals surface area (Å²) < 4.78 is 23.7. The predicted octanol–water partition coefficient (Wildman–Crippen LogP) is 19.9. The SMILES string of the molecule is Cc1cc(C)c(-c2ccc3c(c2)c2ccc(-c4c(C)cc(C)cc4C)cc2n3-c2cc(-c3ccc(C#N)cc3)cc(-n3c4ccc(-c5c(C)cc(C)cc5C)cc4c4ccc(-c5c(C)cc(C)cc5C)cc43)c2F)c(C)c1. The van der Waals surface area contributed by atoms with Gasteiger partial charge in [0.25, 0.3) is 0 Å². The summed E-state index contributed by atoms with van der Waals surface area (Å²) in [4.78, 5) is 0. The third-order valence-electron chi connectivity index (χ3n) is 16.3. The summed E-state index contributed by atoms with van der Waals surface area (Å²) in [5.74, 6) is -0.343. The van der Waals surface area contributed by atoms with Gasteiger partial charge in [-0.1, -0.05) is 119 Å². The van der Waals surface area contributed by atoms with Gasteiger partial charge in [-0.25, -0.2) is 4.39 Å². The Balaban J connectivity index is 1.21. The number of halogens is 1. The van der Waals surface area contributed by atoms with Crippen molar-refractivity contribution in [1.29, 1.82) is 5.26 Å². The Bertz CT molecular complexity index is 4180. The molecule has 0 spiro atoms. The molecule has 0 unspecified atom stereocenters. The lowest BCUT2D eigenvalue weighted by atomic mass is 9.92. The molecule has 12 rings (SSSR count). The Morgan fingerprint density at radius 3 is 0.922 bits per heavy atom. The summed E-state index contributed by atoms with van der Waals surface area (Å²) >= 11 is 0. The third kappa shape index (κ3) is 8.16. The average Bonchev–Trinajstić information content (AvgIpc) is 4.14. The van der Waals surface area contributed by atoms with Gasteiger partial charge in [0.05, 0.1) is 45.1 Å². The first-order valence-corrected chi connectivity index (χ1v) is 26.8. The van der Waals surface area contributed by atoms with Crippen molar-refractivity contribution < 1.29 is 4.39 Å². The highest BCUT2D eigenvalue weighted by Gasteiger charge is 2.25. The van der Waals surface area contributed by atoms with Gasteiger partial charge in [0, 0.05) is 21.5 Å². The minimum atomic E-state index is -0.343. The minimum Gasteiger partial charge on any atom is -0.306 e. The first kappa shape index (κ1) is 49.1. The van der Waals surface area contributed by atoms with Crippen LogP contribution >= 0.6 is 0 Å². The maximum Gasteiger partial charge on any atom is 0.171 e. The second-order valence-electron chi connectivity index (χ2n) is 22.2. The molecule has 3 nitrogen and oxygen atoms in total. The van der Waals surface area contributed by atoms with Crippen LogP contribution in [0.3, 0.4) is 0 Å². The second-order valence-corrected chi connectivity index (χ2v) is 22.2. The summed E-state index contributed by atoms with van der Waals surface area (Å²) in [5, 5.41) is 14.1. The van der Waals surface area contributed by atoms with Crippen molar-refractivity contribution in [3.63, 3.8) is 0 Å². The summed E-state index contributed by atoms with van der Waals surface area (Å²) in [6.07, 6.45) is 0. The predicted molar refractivity (Wildman–Crippen MR) is 324 cm³/mol. The lowest BCUT2D eigenvalue weighted by Crippen LogP contribution is -2.06. The van der Waals surface area contributed by atoms with Crippen molar-refractivity contribution in [1.82, 2.24) is 9.13 Å². The van der Waals surface area contributed by atoms with Crippen molar-refractivity contribution >= 4 is 43.6 Å². The molecule has 2 heterocycles. The summed E-state index contributed by atoms with van der Waals surface area (Å²) in [6, 6.07) is 58.9. The number of aromatic nitrogens is 2. The summed E-state index contributed by atoms with van der Waals surface area (Å²) in [6.45, 7) is 26.1. The molecule has 0 fully saturated rings. The number of nitrogens with zero attached hydrogens (tertiary/aromatic N) is 3. The van der Waals surface area contributed by atoms with Gasteiger partial charge in [-0.3, -0.25) is 0 Å². The molecule has 0 amide bonds. The van der Waals surface area contributed by atoms with Crippen LogP contribution in [0.25, 0.3) is 111 Å². The highest BCUT2D eigenvalue weighted by molar-refractivity contribution is 6.13. The van der Waals surface area contributed by atoms with Gasteiger partial charge in [0.1, 0.15) is 0 Å². The zero-order chi connectivity index (χ0) is 53.9. The number of hydrogen-bond donors (Lipinski definition) is 0. The molecule has 0 radical (unpaired) electrons. The van der Waals surface area contributed by atoms with Gasteiger partial charge in [0.2, 0.25) is 0 Å². The van der Waals surface area contributed by atoms with Crippen LogP contribution < -0.4 is 0 Å². The average molecular weight is 1000 g/mol. The van der Waals surface area contributed by atoms with E-state index in [9.17, 15) is 5.26 Å². The molecule has 10 aromatic carbocycles. The number of rotatable bonds is 7. The molecular formula is C73H62FN3. The van der Waals surface area contributed by atoms with Crippen molar-refractivity contribution in [3.05, 3.63) is 236 Å². The smallest absolute Gasteiger partial charge is 0.171 e. The fourth-order valence-electron chi connectivity index (χ4n) is 13.5. The first-order chi connectivity index (χ1) is 37.0. The lowest BCUT2D eigenvalue weighted by Gasteiger charge is -2.19. The molecule has 0 N–H and O–H groups in total. The standard InChI is InChI=1S/C73H62FN3/c1-40-25-44(5)69(45(6)26-40)54-19-23-63-61(33-54)59-21-17-56(71-48(9)29-42(3)30-49(71)10)35-65(59)76(63)67-37-58(53-15-13-52(39-75)14-16-53)38-68(73(67)74)77-64-24-20-55(70-46(7)27-41(2)28-47(70)8)34-62(64)60-22-18-57(36-66(60)77)72-50(11)31-43(4)32-51(72)12/h13-38H,1-12H3. The molecule has 0 aliphatic carbocycles. The molecule has 0 saturated carbocycles. The van der Waals surface area contributed by atoms with Gasteiger partial charge in [-0.15, -0.1) is 0 Å². The van der Waals surface area contributed by atoms with Crippen LogP contribution in [0.15, 0.2) is 158 Å². The quantitative estimate of drug-likeness (QED) is 0.157. The zero-order valence-corrected chi connectivity index (χ0v) is 46.2. The lowest BCUT2D eigenvalue weighted by molar-refractivity contribution is 0.614. The molecule has 2 aromatic heterocycles. The van der Waals surface area contributed by atoms with E-state index in [1.165, 1.54) is 89.0 Å². The van der Waals surface area contributed by atoms with Gasteiger partial charge in [-0.05, 0) is 244 Å². The number of aryl methyl sites for hydroxylation is 12. The molecule has 0 atom stereocenters. The van der Waals surface area contributed by atoms with Crippen LogP contribution in [-0.2, 0) is 0 Å². The van der Waals surface area contributed by atoms with Gasteiger partial charge in [-0.2, -0.15) is 5.26 Å². The van der Waals surface area contributed by atoms with E-state index in [0.717, 1.165) is 77.0 Å². The highest BCUT2D eigenvalue weighted by atomic mass is 19.1. The Morgan fingerprint density at radius 2 is 0.597 bits per heavy atom. The van der Waals surface area contributed by atoms with Crippen molar-refractivity contribution in [2.75, 3.05) is 0 Å². The topological polar surface area (TPSA) is 33.6 Å². The maximum absolute atomic E-state index is 19.4. The Labute approximate surface area is 452 Å². The molecule has 77 heavy (non-hydrogen) atoms. The van der Waals surface area contributed by atoms with Crippen molar-refractivity contribution in [2.45, 2.75) is 83.1 Å². The van der Waals surface area contributed by atoms with Crippen LogP contribution in [0.2, 0.25) is 0 Å². The molecular weight excluding hydrogens is 938 g/mol. The fraction of sp³-hybridized carbons (Fsp3) is 0.164. The molecule has 0 aliphatic heterocycles. The first-order valence-electron chi connectivity index (χ1n) is 26.8. The molecule has 12 aromatic rings. The summed E-state index contributed by atoms with van der Waals surface area (Å²) in [7, 11) is 0. The van der Waals surface area contributed by atoms with Crippen molar-refractivity contribution in [2.24, 2.45) is 0 Å². The Morgan fingerprint density at radius 1 is 0.299 bits per heavy atom. The molecule has 4 heteroatoms. The van der Waals surface area contributed by atoms with Crippen LogP contribution in [0.1, 0.15) is 72.3 Å². The van der Waals surface area contributed by atoms with E-state index < -0.39 is 0 Å². The third-order valence-corrected chi connectivity index (χ3v) is 16.3. The van der Waals surface area contributed by atoms with E-state index in [4.69, 9.17) is 0 Å². The van der Waals surface area contributed by atoms with E-state index in [1.807, 2.05) is 36.4 Å². The maximum atomic E-state index is 19.4. The fourth-order valence-corrected chi connectivity index (χ4v) is 13.5. The molecule has 376 valence electrons. The van der Waals surface area contributed by atoms with Crippen LogP contribution in [0, 0.1) is 100 Å². The van der Waals surface area contributed by atoms with E-state index in [-0.39, 0.29) is 5.82 Å². The highest BCUT2D eigenvalue weighted by Crippen LogP contribution is 2.45. The monoisotopic (exact) mass is 999 g/mol. The molecule has 0 bridgehead atoms. The largest absolute Gasteiger partial charge is 0.306 e. The summed E-state index contributed by atoms with van der Waals surface area (Å²) in [5.41, 5.74) is 30.6. The van der Waals surface area contributed by atoms with Crippen LogP contribution in [0.4, 0.5) is 4.39 Å². The van der Waals surface area contributed by atoms with E-state index in [0.29, 0.717) is 16.9 Å². The van der Waals surface area contributed by atoms with Crippen LogP contribution in [-0.4, -0.2) is 9.13 Å². The van der Waals surface area contributed by atoms with Crippen LogP contribution in [0.5, 0.6) is 0 Å². The Hall–Kier alpha value is -8.78. The number of nitriles is 1. The minimum absolute atomic E-state index is 0.343. The van der Waals surface area contributed by atoms with E-state index in [2.05, 4.69) is 220 Å². The normalized spacial score (nSPS) is 11.7. The van der Waals surface area contributed by atoms with E-state index in [1.54, 1.807) is 0 Å². The zero-order valence-electron chi connectivity index (χ0n) is 46.2.